The van der Waals surface area contributed by atoms with E-state index in [1.54, 1.807) is 0 Å². The second-order valence-corrected chi connectivity index (χ2v) is 7.16. The van der Waals surface area contributed by atoms with Crippen molar-refractivity contribution in [3.63, 3.8) is 0 Å². The van der Waals surface area contributed by atoms with Gasteiger partial charge in [0.2, 0.25) is 0 Å². The molecule has 27 heavy (non-hydrogen) atoms. The van der Waals surface area contributed by atoms with Crippen molar-refractivity contribution in [1.82, 2.24) is 19.5 Å². The van der Waals surface area contributed by atoms with E-state index in [1.165, 1.54) is 0 Å². The number of hydrogen-bond donors (Lipinski definition) is 1. The van der Waals surface area contributed by atoms with Gasteiger partial charge in [-0.05, 0) is 56.4 Å². The lowest BCUT2D eigenvalue weighted by Crippen LogP contribution is -2.29. The summed E-state index contributed by atoms with van der Waals surface area (Å²) in [5.74, 6) is 0.563. The Morgan fingerprint density at radius 1 is 1.26 bits per heavy atom. The number of allylic oxidation sites excluding steroid dienone is 3. The zero-order valence-corrected chi connectivity index (χ0v) is 16.2. The Balaban J connectivity index is 2.23. The number of nitrogens with one attached hydrogen (secondary N) is 1. The maximum absolute atomic E-state index is 12.3. The largest absolute Gasteiger partial charge is 0.349 e. The first-order chi connectivity index (χ1) is 12.8. The molecule has 0 saturated carbocycles. The quantitative estimate of drug-likeness (QED) is 0.556. The molecule has 6 nitrogen and oxygen atoms in total. The van der Waals surface area contributed by atoms with Crippen molar-refractivity contribution in [2.24, 2.45) is 5.92 Å². The molecule has 1 unspecified atom stereocenters. The highest BCUT2D eigenvalue weighted by molar-refractivity contribution is 5.81. The molecule has 1 aromatic rings. The molecular weight excluding hydrogens is 340 g/mol. The van der Waals surface area contributed by atoms with Gasteiger partial charge in [-0.1, -0.05) is 31.2 Å². The van der Waals surface area contributed by atoms with Gasteiger partial charge in [-0.3, -0.25) is 9.78 Å². The number of hydrogen-bond acceptors (Lipinski definition) is 4. The first-order valence-corrected chi connectivity index (χ1v) is 9.02. The fourth-order valence-corrected chi connectivity index (χ4v) is 3.36. The summed E-state index contributed by atoms with van der Waals surface area (Å²) < 4.78 is 1.94. The van der Waals surface area contributed by atoms with Crippen LogP contribution in [0.3, 0.4) is 0 Å². The van der Waals surface area contributed by atoms with E-state index in [1.807, 2.05) is 49.6 Å². The Morgan fingerprint density at radius 3 is 2.67 bits per heavy atom. The Morgan fingerprint density at radius 2 is 1.96 bits per heavy atom. The topological polar surface area (TPSA) is 80.6 Å². The molecule has 2 heterocycles. The Kier molecular flexibility index (Phi) is 5.08. The standard InChI is InChI=1S/C21H24N4O2/c1-6-7-12(2)8-13(3)11-25-17-10-15(5)14(4)9-16(17)22-18-19(25)23-21(27)24-20(18)26/h6-7,9-10,13H,2,8,11H2,1,3-5H3,(H,24,26,27). The van der Waals surface area contributed by atoms with E-state index in [0.29, 0.717) is 12.4 Å². The lowest BCUT2D eigenvalue weighted by Gasteiger charge is -2.21. The molecule has 2 aliphatic heterocycles. The second kappa shape index (κ2) is 7.31. The first kappa shape index (κ1) is 18.8. The fraction of sp³-hybridized carbons (Fsp3) is 0.333. The molecule has 0 radical (unpaired) electrons. The number of rotatable bonds is 5. The molecule has 140 valence electrons. The summed E-state index contributed by atoms with van der Waals surface area (Å²) in [7, 11) is 0. The van der Waals surface area contributed by atoms with Crippen molar-refractivity contribution < 1.29 is 0 Å². The van der Waals surface area contributed by atoms with Gasteiger partial charge < -0.3 is 4.57 Å². The highest BCUT2D eigenvalue weighted by atomic mass is 16.2. The van der Waals surface area contributed by atoms with Crippen LogP contribution in [0.15, 0.2) is 46.0 Å². The monoisotopic (exact) mass is 364 g/mol. The van der Waals surface area contributed by atoms with Gasteiger partial charge >= 0.3 is 5.69 Å². The van der Waals surface area contributed by atoms with Crippen LogP contribution in [-0.2, 0) is 6.54 Å². The number of aromatic amines is 1. The molecule has 0 spiro atoms. The second-order valence-electron chi connectivity index (χ2n) is 7.16. The van der Waals surface area contributed by atoms with E-state index in [9.17, 15) is 9.59 Å². The summed E-state index contributed by atoms with van der Waals surface area (Å²) in [5, 5.41) is 0. The number of aryl methyl sites for hydroxylation is 2. The van der Waals surface area contributed by atoms with Crippen LogP contribution in [0, 0.1) is 19.8 Å². The van der Waals surface area contributed by atoms with E-state index >= 15 is 0 Å². The summed E-state index contributed by atoms with van der Waals surface area (Å²) in [4.78, 5) is 34.9. The van der Waals surface area contributed by atoms with Gasteiger partial charge in [0.05, 0.1) is 11.0 Å². The van der Waals surface area contributed by atoms with Gasteiger partial charge in [-0.15, -0.1) is 0 Å². The van der Waals surface area contributed by atoms with Gasteiger partial charge in [-0.25, -0.2) is 9.78 Å². The zero-order valence-electron chi connectivity index (χ0n) is 16.2. The molecule has 1 N–H and O–H groups in total. The molecule has 1 atom stereocenters. The summed E-state index contributed by atoms with van der Waals surface area (Å²) in [5.41, 5.74) is 3.86. The van der Waals surface area contributed by atoms with Crippen molar-refractivity contribution in [1.29, 1.82) is 0 Å². The van der Waals surface area contributed by atoms with Gasteiger partial charge in [0.15, 0.2) is 11.5 Å². The van der Waals surface area contributed by atoms with Crippen molar-refractivity contribution in [3.8, 4) is 11.5 Å². The van der Waals surface area contributed by atoms with E-state index in [2.05, 4.69) is 28.5 Å². The highest BCUT2D eigenvalue weighted by Gasteiger charge is 2.20. The maximum atomic E-state index is 12.3. The van der Waals surface area contributed by atoms with Crippen LogP contribution in [0.25, 0.3) is 22.6 Å². The Labute approximate surface area is 157 Å². The van der Waals surface area contributed by atoms with E-state index in [4.69, 9.17) is 0 Å². The van der Waals surface area contributed by atoms with Crippen LogP contribution in [0.4, 0.5) is 0 Å². The molecule has 0 amide bonds. The molecule has 0 fully saturated rings. The SMILES string of the molecule is C=C(C=CC)CC(C)Cn1c2nc(=O)[nH]c(=O)c-2nc2cc(C)c(C)cc21. The van der Waals surface area contributed by atoms with Gasteiger partial charge in [0.25, 0.3) is 5.56 Å². The van der Waals surface area contributed by atoms with Crippen molar-refractivity contribution >= 4 is 11.0 Å². The minimum absolute atomic E-state index is 0.185. The van der Waals surface area contributed by atoms with Crippen LogP contribution in [-0.4, -0.2) is 19.5 Å². The number of fused-ring (bicyclic) bond motifs is 2. The summed E-state index contributed by atoms with van der Waals surface area (Å²) in [6.45, 7) is 12.8. The van der Waals surface area contributed by atoms with Crippen LogP contribution in [0.5, 0.6) is 0 Å². The van der Waals surface area contributed by atoms with Crippen molar-refractivity contribution in [2.75, 3.05) is 0 Å². The number of H-pyrrole nitrogens is 1. The third-order valence-corrected chi connectivity index (χ3v) is 4.73. The van der Waals surface area contributed by atoms with E-state index in [0.717, 1.165) is 34.2 Å². The van der Waals surface area contributed by atoms with E-state index < -0.39 is 11.2 Å². The lowest BCUT2D eigenvalue weighted by atomic mass is 10.0. The molecule has 2 aliphatic rings. The third-order valence-electron chi connectivity index (χ3n) is 4.73. The number of benzene rings is 1. The van der Waals surface area contributed by atoms with Gasteiger partial charge in [-0.2, -0.15) is 4.98 Å². The highest BCUT2D eigenvalue weighted by Crippen LogP contribution is 2.26. The minimum Gasteiger partial charge on any atom is -0.322 e. The summed E-state index contributed by atoms with van der Waals surface area (Å²) >= 11 is 0. The first-order valence-electron chi connectivity index (χ1n) is 9.02. The average molecular weight is 364 g/mol. The van der Waals surface area contributed by atoms with Crippen LogP contribution in [0.2, 0.25) is 0 Å². The van der Waals surface area contributed by atoms with Crippen LogP contribution >= 0.6 is 0 Å². The predicted octanol–water partition coefficient (Wildman–Crippen LogP) is 3.36. The Hall–Kier alpha value is -3.02. The summed E-state index contributed by atoms with van der Waals surface area (Å²) in [6.07, 6.45) is 4.77. The predicted molar refractivity (Wildman–Crippen MR) is 108 cm³/mol. The maximum Gasteiger partial charge on any atom is 0.349 e. The lowest BCUT2D eigenvalue weighted by molar-refractivity contribution is 0.487. The smallest absolute Gasteiger partial charge is 0.322 e. The molecule has 0 aromatic heterocycles. The summed E-state index contributed by atoms with van der Waals surface area (Å²) in [6, 6.07) is 4.01. The fourth-order valence-electron chi connectivity index (χ4n) is 3.36. The molecule has 6 heteroatoms. The Bertz CT molecular complexity index is 1140. The molecule has 0 saturated heterocycles. The van der Waals surface area contributed by atoms with Gasteiger partial charge in [0.1, 0.15) is 0 Å². The molecule has 1 aromatic carbocycles. The molecule has 0 bridgehead atoms. The average Bonchev–Trinajstić information content (AvgIpc) is 2.57. The van der Waals surface area contributed by atoms with Crippen LogP contribution in [0.1, 0.15) is 31.4 Å². The molecule has 0 aliphatic carbocycles. The number of nitrogens with zero attached hydrogens (tertiary/aromatic N) is 3. The molecular formula is C21H24N4O2. The van der Waals surface area contributed by atoms with Crippen molar-refractivity contribution in [2.45, 2.75) is 40.7 Å². The van der Waals surface area contributed by atoms with Crippen molar-refractivity contribution in [3.05, 3.63) is 68.4 Å². The minimum atomic E-state index is -0.655. The molecule has 3 rings (SSSR count). The normalized spacial score (nSPS) is 12.9. The van der Waals surface area contributed by atoms with Gasteiger partial charge in [0, 0.05) is 6.54 Å². The third kappa shape index (κ3) is 3.74. The van der Waals surface area contributed by atoms with Crippen LogP contribution < -0.4 is 11.2 Å². The van der Waals surface area contributed by atoms with E-state index in [-0.39, 0.29) is 11.6 Å². The number of aromatic nitrogens is 4. The zero-order chi connectivity index (χ0) is 19.7.